The van der Waals surface area contributed by atoms with Crippen LogP contribution in [0, 0.1) is 0 Å². The Hall–Kier alpha value is -1.06. The first-order valence-corrected chi connectivity index (χ1v) is 5.24. The minimum Gasteiger partial charge on any atom is -0.462 e. The highest BCUT2D eigenvalue weighted by atomic mass is 35.5. The van der Waals surface area contributed by atoms with Gasteiger partial charge in [0.25, 0.3) is 0 Å². The molecular weight excluding hydrogens is 216 g/mol. The van der Waals surface area contributed by atoms with Gasteiger partial charge in [0.05, 0.1) is 12.2 Å². The van der Waals surface area contributed by atoms with E-state index in [0.717, 1.165) is 5.56 Å². The van der Waals surface area contributed by atoms with Crippen molar-refractivity contribution in [3.8, 4) is 0 Å². The minimum atomic E-state index is -0.371. The fraction of sp³-hybridized carbons (Fsp3) is 0.364. The van der Waals surface area contributed by atoms with Crippen LogP contribution >= 0.6 is 11.6 Å². The molecule has 0 heterocycles. The summed E-state index contributed by atoms with van der Waals surface area (Å²) in [5.41, 5.74) is 1.46. The minimum absolute atomic E-state index is 0.0263. The van der Waals surface area contributed by atoms with E-state index >= 15 is 0 Å². The zero-order valence-electron chi connectivity index (χ0n) is 8.28. The summed E-state index contributed by atoms with van der Waals surface area (Å²) < 4.78 is 4.91. The van der Waals surface area contributed by atoms with E-state index < -0.39 is 0 Å². The van der Waals surface area contributed by atoms with Crippen molar-refractivity contribution in [1.82, 2.24) is 0 Å². The fourth-order valence-corrected chi connectivity index (χ4v) is 1.22. The molecule has 0 unspecified atom stereocenters. The van der Waals surface area contributed by atoms with E-state index in [1.807, 2.05) is 0 Å². The van der Waals surface area contributed by atoms with E-state index in [1.165, 1.54) is 0 Å². The van der Waals surface area contributed by atoms with Crippen LogP contribution in [-0.2, 0) is 10.6 Å². The molecule has 0 aliphatic carbocycles. The third kappa shape index (κ3) is 3.90. The normalized spacial score (nSPS) is 10.0. The predicted octanol–water partition coefficient (Wildman–Crippen LogP) is 1.96. The Bertz CT molecular complexity index is 308. The average Bonchev–Trinajstić information content (AvgIpc) is 2.29. The second kappa shape index (κ2) is 6.43. The van der Waals surface area contributed by atoms with Gasteiger partial charge in [0.2, 0.25) is 0 Å². The highest BCUT2D eigenvalue weighted by Crippen LogP contribution is 2.08. The molecular formula is C11H13ClO3. The van der Waals surface area contributed by atoms with Gasteiger partial charge in [-0.25, -0.2) is 4.79 Å². The molecule has 0 fully saturated rings. The van der Waals surface area contributed by atoms with Gasteiger partial charge < -0.3 is 9.84 Å². The smallest absolute Gasteiger partial charge is 0.338 e. The highest BCUT2D eigenvalue weighted by Gasteiger charge is 2.05. The van der Waals surface area contributed by atoms with Crippen LogP contribution in [-0.4, -0.2) is 24.3 Å². The number of halogens is 1. The molecule has 3 nitrogen and oxygen atoms in total. The van der Waals surface area contributed by atoms with Gasteiger partial charge >= 0.3 is 5.97 Å². The third-order valence-electron chi connectivity index (χ3n) is 1.88. The van der Waals surface area contributed by atoms with E-state index in [4.69, 9.17) is 21.4 Å². The van der Waals surface area contributed by atoms with Crippen LogP contribution in [0.3, 0.4) is 0 Å². The molecule has 0 saturated carbocycles. The molecule has 0 aromatic heterocycles. The van der Waals surface area contributed by atoms with Crippen molar-refractivity contribution in [3.63, 3.8) is 0 Å². The number of rotatable bonds is 5. The number of hydrogen-bond donors (Lipinski definition) is 1. The van der Waals surface area contributed by atoms with Crippen molar-refractivity contribution < 1.29 is 14.6 Å². The highest BCUT2D eigenvalue weighted by molar-refractivity contribution is 6.17. The summed E-state index contributed by atoms with van der Waals surface area (Å²) in [6, 6.07) is 6.93. The molecule has 1 rings (SSSR count). The third-order valence-corrected chi connectivity index (χ3v) is 2.19. The van der Waals surface area contributed by atoms with Crippen molar-refractivity contribution in [2.75, 3.05) is 13.2 Å². The second-order valence-electron chi connectivity index (χ2n) is 3.04. The Morgan fingerprint density at radius 1 is 1.33 bits per heavy atom. The maximum absolute atomic E-state index is 11.4. The van der Waals surface area contributed by atoms with Gasteiger partial charge in [0.15, 0.2) is 0 Å². The Morgan fingerprint density at radius 2 is 2.00 bits per heavy atom. The standard InChI is InChI=1S/C11H13ClO3/c12-8-9-2-4-10(5-3-9)11(14)15-7-1-6-13/h2-5,13H,1,6-8H2. The van der Waals surface area contributed by atoms with Crippen LogP contribution in [0.4, 0.5) is 0 Å². The number of carbonyl (C=O) groups excluding carboxylic acids is 1. The molecule has 0 atom stereocenters. The summed E-state index contributed by atoms with van der Waals surface area (Å²) in [7, 11) is 0. The van der Waals surface area contributed by atoms with Gasteiger partial charge in [0, 0.05) is 18.9 Å². The first kappa shape index (κ1) is 12.0. The predicted molar refractivity (Wildman–Crippen MR) is 58.0 cm³/mol. The lowest BCUT2D eigenvalue weighted by Gasteiger charge is -2.03. The van der Waals surface area contributed by atoms with E-state index in [9.17, 15) is 4.79 Å². The van der Waals surface area contributed by atoms with Crippen LogP contribution in [0.5, 0.6) is 0 Å². The van der Waals surface area contributed by atoms with Crippen LogP contribution in [0.25, 0.3) is 0 Å². The topological polar surface area (TPSA) is 46.5 Å². The summed E-state index contributed by atoms with van der Waals surface area (Å²) in [5.74, 6) is 0.0596. The first-order valence-electron chi connectivity index (χ1n) is 4.71. The van der Waals surface area contributed by atoms with Crippen molar-refractivity contribution in [3.05, 3.63) is 35.4 Å². The van der Waals surface area contributed by atoms with Gasteiger partial charge in [-0.15, -0.1) is 11.6 Å². The summed E-state index contributed by atoms with van der Waals surface area (Å²) in [6.07, 6.45) is 0.464. The number of alkyl halides is 1. The zero-order chi connectivity index (χ0) is 11.1. The molecule has 0 saturated heterocycles. The maximum atomic E-state index is 11.4. The van der Waals surface area contributed by atoms with Crippen LogP contribution in [0.15, 0.2) is 24.3 Å². The number of ether oxygens (including phenoxy) is 1. The van der Waals surface area contributed by atoms with Crippen molar-refractivity contribution in [2.45, 2.75) is 12.3 Å². The Kier molecular flexibility index (Phi) is 5.15. The SMILES string of the molecule is O=C(OCCCO)c1ccc(CCl)cc1. The van der Waals surface area contributed by atoms with E-state index in [1.54, 1.807) is 24.3 Å². The average molecular weight is 229 g/mol. The molecule has 15 heavy (non-hydrogen) atoms. The molecule has 0 aliphatic heterocycles. The fourth-order valence-electron chi connectivity index (χ4n) is 1.04. The van der Waals surface area contributed by atoms with Crippen LogP contribution in [0.1, 0.15) is 22.3 Å². The van der Waals surface area contributed by atoms with Gasteiger partial charge in [-0.1, -0.05) is 12.1 Å². The van der Waals surface area contributed by atoms with Gasteiger partial charge in [-0.2, -0.15) is 0 Å². The lowest BCUT2D eigenvalue weighted by atomic mass is 10.1. The van der Waals surface area contributed by atoms with Crippen molar-refractivity contribution in [1.29, 1.82) is 0 Å². The van der Waals surface area contributed by atoms with E-state index in [-0.39, 0.29) is 19.2 Å². The lowest BCUT2D eigenvalue weighted by molar-refractivity contribution is 0.0482. The molecule has 0 bridgehead atoms. The largest absolute Gasteiger partial charge is 0.462 e. The molecule has 1 aromatic rings. The van der Waals surface area contributed by atoms with Gasteiger partial charge in [0.1, 0.15) is 0 Å². The molecule has 0 radical (unpaired) electrons. The molecule has 0 aliphatic rings. The quantitative estimate of drug-likeness (QED) is 0.476. The van der Waals surface area contributed by atoms with Crippen molar-refractivity contribution in [2.24, 2.45) is 0 Å². The summed E-state index contributed by atoms with van der Waals surface area (Å²) in [4.78, 5) is 11.4. The van der Waals surface area contributed by atoms with Crippen LogP contribution < -0.4 is 0 Å². The molecule has 0 amide bonds. The molecule has 82 valence electrons. The number of benzene rings is 1. The van der Waals surface area contributed by atoms with Gasteiger partial charge in [-0.3, -0.25) is 0 Å². The number of carbonyl (C=O) groups is 1. The zero-order valence-corrected chi connectivity index (χ0v) is 9.04. The molecule has 1 aromatic carbocycles. The van der Waals surface area contributed by atoms with Gasteiger partial charge in [-0.05, 0) is 17.7 Å². The number of hydrogen-bond acceptors (Lipinski definition) is 3. The molecule has 0 spiro atoms. The number of aliphatic hydroxyl groups excluding tert-OH is 1. The Labute approximate surface area is 93.6 Å². The van der Waals surface area contributed by atoms with E-state index in [0.29, 0.717) is 17.9 Å². The van der Waals surface area contributed by atoms with Crippen molar-refractivity contribution >= 4 is 17.6 Å². The molecule has 4 heteroatoms. The summed E-state index contributed by atoms with van der Waals surface area (Å²) in [5, 5.41) is 8.51. The summed E-state index contributed by atoms with van der Waals surface area (Å²) >= 11 is 5.62. The Morgan fingerprint density at radius 3 is 2.53 bits per heavy atom. The van der Waals surface area contributed by atoms with E-state index in [2.05, 4.69) is 0 Å². The lowest BCUT2D eigenvalue weighted by Crippen LogP contribution is -2.07. The molecule has 1 N–H and O–H groups in total. The first-order chi connectivity index (χ1) is 7.27. The Balaban J connectivity index is 2.50. The van der Waals surface area contributed by atoms with Crippen LogP contribution in [0.2, 0.25) is 0 Å². The monoisotopic (exact) mass is 228 g/mol. The maximum Gasteiger partial charge on any atom is 0.338 e. The summed E-state index contributed by atoms with van der Waals surface area (Å²) in [6.45, 7) is 0.269. The second-order valence-corrected chi connectivity index (χ2v) is 3.31. The number of esters is 1. The number of aliphatic hydroxyl groups is 1.